The first-order valence-electron chi connectivity index (χ1n) is 11.5. The molecule has 0 aliphatic carbocycles. The minimum absolute atomic E-state index is 0.00115. The minimum Gasteiger partial charge on any atom is -0.326 e. The first-order valence-corrected chi connectivity index (χ1v) is 11.9. The Kier molecular flexibility index (Phi) is 7.55. The lowest BCUT2D eigenvalue weighted by molar-refractivity contribution is -0.121. The predicted molar refractivity (Wildman–Crippen MR) is 134 cm³/mol. The quantitative estimate of drug-likeness (QED) is 0.504. The number of hydrogen-bond donors (Lipinski definition) is 1. The number of likely N-dealkylation sites (tertiary alicyclic amines) is 1. The van der Waals surface area contributed by atoms with Gasteiger partial charge in [0.15, 0.2) is 5.82 Å². The number of carbonyl (C=O) groups is 1. The maximum Gasteiger partial charge on any atom is 0.228 e. The summed E-state index contributed by atoms with van der Waals surface area (Å²) in [5.74, 6) is 0.440. The molecule has 1 saturated heterocycles. The predicted octanol–water partition coefficient (Wildman–Crippen LogP) is 4.47. The van der Waals surface area contributed by atoms with Crippen LogP contribution in [0.4, 0.5) is 10.1 Å². The average molecular weight is 483 g/mol. The number of carbonyl (C=O) groups excluding carboxylic acids is 1. The van der Waals surface area contributed by atoms with Crippen LogP contribution in [0.1, 0.15) is 31.6 Å². The van der Waals surface area contributed by atoms with Gasteiger partial charge in [-0.1, -0.05) is 18.2 Å². The van der Waals surface area contributed by atoms with E-state index >= 15 is 0 Å². The molecule has 1 aliphatic heterocycles. The van der Waals surface area contributed by atoms with Crippen molar-refractivity contribution in [2.75, 3.05) is 32.5 Å². The molecule has 1 fully saturated rings. The molecule has 2 atom stereocenters. The summed E-state index contributed by atoms with van der Waals surface area (Å²) in [5.41, 5.74) is 1.59. The Labute approximate surface area is 204 Å². The highest BCUT2D eigenvalue weighted by Crippen LogP contribution is 2.23. The number of nitrogens with zero attached hydrogens (tertiary/aromatic N) is 5. The van der Waals surface area contributed by atoms with Gasteiger partial charge in [-0.2, -0.15) is 5.10 Å². The van der Waals surface area contributed by atoms with Gasteiger partial charge in [0, 0.05) is 17.9 Å². The number of amides is 1. The topological polar surface area (TPSA) is 58.3 Å². The molecule has 0 bridgehead atoms. The minimum atomic E-state index is -0.294. The van der Waals surface area contributed by atoms with Crippen LogP contribution < -0.4 is 5.32 Å². The molecule has 3 aromatic rings. The molecule has 180 valence electrons. The summed E-state index contributed by atoms with van der Waals surface area (Å²) in [6, 6.07) is 15.8. The van der Waals surface area contributed by atoms with Crippen molar-refractivity contribution in [3.8, 4) is 5.69 Å². The second kappa shape index (κ2) is 10.6. The van der Waals surface area contributed by atoms with Crippen molar-refractivity contribution in [3.63, 3.8) is 0 Å². The van der Waals surface area contributed by atoms with Gasteiger partial charge in [0.25, 0.3) is 0 Å². The lowest BCUT2D eigenvalue weighted by Crippen LogP contribution is -2.41. The molecule has 2 unspecified atom stereocenters. The van der Waals surface area contributed by atoms with Crippen LogP contribution in [0.2, 0.25) is 0 Å². The molecular formula is C25H31FN6OS. The number of benzene rings is 2. The SMILES string of the molecule is CC(c1nn(CN2CCCC(C(=O)Nc3ccccc3)C2)c(=S)n1-c1ccc(F)cc1)N(C)C. The molecule has 1 aromatic heterocycles. The van der Waals surface area contributed by atoms with Crippen molar-refractivity contribution in [2.45, 2.75) is 32.5 Å². The fraction of sp³-hybridized carbons (Fsp3) is 0.400. The Balaban J connectivity index is 1.55. The van der Waals surface area contributed by atoms with Gasteiger partial charge in [-0.3, -0.25) is 19.2 Å². The number of aromatic nitrogens is 3. The maximum atomic E-state index is 13.5. The van der Waals surface area contributed by atoms with Crippen molar-refractivity contribution < 1.29 is 9.18 Å². The van der Waals surface area contributed by atoms with Crippen LogP contribution in [-0.2, 0) is 11.5 Å². The second-order valence-corrected chi connectivity index (χ2v) is 9.37. The fourth-order valence-corrected chi connectivity index (χ4v) is 4.50. The van der Waals surface area contributed by atoms with Crippen molar-refractivity contribution >= 4 is 23.8 Å². The molecule has 0 saturated carbocycles. The Morgan fingerprint density at radius 1 is 1.21 bits per heavy atom. The molecule has 1 N–H and O–H groups in total. The van der Waals surface area contributed by atoms with Crippen molar-refractivity contribution in [1.82, 2.24) is 24.1 Å². The number of para-hydroxylation sites is 1. The molecule has 0 radical (unpaired) electrons. The smallest absolute Gasteiger partial charge is 0.228 e. The van der Waals surface area contributed by atoms with E-state index < -0.39 is 0 Å². The van der Waals surface area contributed by atoms with E-state index in [0.29, 0.717) is 18.0 Å². The molecule has 2 aromatic carbocycles. The van der Waals surface area contributed by atoms with Crippen LogP contribution >= 0.6 is 12.2 Å². The number of rotatable bonds is 7. The second-order valence-electron chi connectivity index (χ2n) is 9.00. The molecule has 4 rings (SSSR count). The Morgan fingerprint density at radius 2 is 1.91 bits per heavy atom. The van der Waals surface area contributed by atoms with Gasteiger partial charge in [0.2, 0.25) is 10.7 Å². The largest absolute Gasteiger partial charge is 0.326 e. The summed E-state index contributed by atoms with van der Waals surface area (Å²) in [5, 5.41) is 7.88. The molecule has 7 nitrogen and oxygen atoms in total. The Hall–Kier alpha value is -2.88. The van der Waals surface area contributed by atoms with E-state index in [9.17, 15) is 9.18 Å². The number of nitrogens with one attached hydrogen (secondary N) is 1. The summed E-state index contributed by atoms with van der Waals surface area (Å²) < 4.78 is 17.8. The summed E-state index contributed by atoms with van der Waals surface area (Å²) in [7, 11) is 3.98. The third kappa shape index (κ3) is 5.43. The van der Waals surface area contributed by atoms with E-state index in [-0.39, 0.29) is 23.7 Å². The normalized spacial score (nSPS) is 17.6. The number of piperidine rings is 1. The van der Waals surface area contributed by atoms with Gasteiger partial charge in [-0.15, -0.1) is 0 Å². The highest BCUT2D eigenvalue weighted by Gasteiger charge is 2.27. The molecule has 1 aliphatic rings. The zero-order chi connectivity index (χ0) is 24.2. The number of hydrogen-bond acceptors (Lipinski definition) is 5. The highest BCUT2D eigenvalue weighted by atomic mass is 32.1. The molecule has 34 heavy (non-hydrogen) atoms. The van der Waals surface area contributed by atoms with E-state index in [1.54, 1.807) is 12.1 Å². The summed E-state index contributed by atoms with van der Waals surface area (Å²) in [6.07, 6.45) is 1.79. The third-order valence-corrected chi connectivity index (χ3v) is 6.74. The molecule has 0 spiro atoms. The Morgan fingerprint density at radius 3 is 2.59 bits per heavy atom. The zero-order valence-electron chi connectivity index (χ0n) is 19.8. The van der Waals surface area contributed by atoms with Crippen molar-refractivity contribution in [1.29, 1.82) is 0 Å². The van der Waals surface area contributed by atoms with Gasteiger partial charge in [-0.05, 0) is 89.0 Å². The van der Waals surface area contributed by atoms with Crippen LogP contribution in [0.15, 0.2) is 54.6 Å². The lowest BCUT2D eigenvalue weighted by Gasteiger charge is -2.31. The first-order chi connectivity index (χ1) is 16.3. The van der Waals surface area contributed by atoms with E-state index in [2.05, 4.69) is 22.0 Å². The fourth-order valence-electron chi connectivity index (χ4n) is 4.20. The van der Waals surface area contributed by atoms with E-state index in [4.69, 9.17) is 17.3 Å². The lowest BCUT2D eigenvalue weighted by atomic mass is 9.97. The standard InChI is InChI=1S/C25H31FN6OS/c1-18(29(2)3)23-28-31(25(34)32(23)22-13-11-20(26)12-14-22)17-30-15-7-8-19(16-30)24(33)27-21-9-5-4-6-10-21/h4-6,9-14,18-19H,7-8,15-17H2,1-3H3,(H,27,33). The average Bonchev–Trinajstić information content (AvgIpc) is 3.15. The van der Waals surface area contributed by atoms with Crippen molar-refractivity contribution in [2.24, 2.45) is 5.92 Å². The molecule has 1 amide bonds. The summed E-state index contributed by atoms with van der Waals surface area (Å²) in [4.78, 5) is 17.1. The third-order valence-electron chi connectivity index (χ3n) is 6.35. The number of halogens is 1. The molecule has 2 heterocycles. The van der Waals surface area contributed by atoms with E-state index in [1.807, 2.05) is 53.7 Å². The zero-order valence-corrected chi connectivity index (χ0v) is 20.6. The summed E-state index contributed by atoms with van der Waals surface area (Å²) >= 11 is 5.81. The van der Waals surface area contributed by atoms with Crippen LogP contribution in [0.25, 0.3) is 5.69 Å². The van der Waals surface area contributed by atoms with Crippen molar-refractivity contribution in [3.05, 3.63) is 71.0 Å². The monoisotopic (exact) mass is 482 g/mol. The van der Waals surface area contributed by atoms with Gasteiger partial charge in [0.1, 0.15) is 5.82 Å². The maximum absolute atomic E-state index is 13.5. The highest BCUT2D eigenvalue weighted by molar-refractivity contribution is 7.71. The van der Waals surface area contributed by atoms with Crippen LogP contribution in [0.5, 0.6) is 0 Å². The van der Waals surface area contributed by atoms with E-state index in [0.717, 1.165) is 36.6 Å². The molecular weight excluding hydrogens is 451 g/mol. The van der Waals surface area contributed by atoms with Crippen LogP contribution in [0, 0.1) is 16.5 Å². The van der Waals surface area contributed by atoms with Crippen LogP contribution in [0.3, 0.4) is 0 Å². The Bertz CT molecular complexity index is 1170. The van der Waals surface area contributed by atoms with Gasteiger partial charge >= 0.3 is 0 Å². The first kappa shape index (κ1) is 24.3. The molecule has 9 heteroatoms. The van der Waals surface area contributed by atoms with Gasteiger partial charge < -0.3 is 5.32 Å². The van der Waals surface area contributed by atoms with E-state index in [1.165, 1.54) is 12.1 Å². The van der Waals surface area contributed by atoms with Gasteiger partial charge in [0.05, 0.1) is 18.6 Å². The van der Waals surface area contributed by atoms with Crippen LogP contribution in [-0.4, -0.2) is 57.2 Å². The summed E-state index contributed by atoms with van der Waals surface area (Å²) in [6.45, 7) is 4.07. The van der Waals surface area contributed by atoms with Gasteiger partial charge in [-0.25, -0.2) is 9.07 Å². The number of anilines is 1.